The topological polar surface area (TPSA) is 73.3 Å². The first-order valence-electron chi connectivity index (χ1n) is 6.98. The monoisotopic (exact) mass is 321 g/mol. The average Bonchev–Trinajstić information content (AvgIpc) is 2.95. The highest BCUT2D eigenvalue weighted by Gasteiger charge is 2.07. The van der Waals surface area contributed by atoms with Crippen LogP contribution in [0.2, 0.25) is 0 Å². The van der Waals surface area contributed by atoms with Crippen molar-refractivity contribution in [2.24, 2.45) is 0 Å². The molecule has 0 aliphatic rings. The Morgan fingerprint density at radius 2 is 2.05 bits per heavy atom. The van der Waals surface area contributed by atoms with Crippen LogP contribution in [-0.2, 0) is 11.3 Å². The lowest BCUT2D eigenvalue weighted by Crippen LogP contribution is -2.25. The molecule has 1 amide bonds. The molecule has 0 radical (unpaired) electrons. The first kappa shape index (κ1) is 16.4. The number of hydrogen-bond donors (Lipinski definition) is 1. The van der Waals surface area contributed by atoms with E-state index in [4.69, 9.17) is 9.47 Å². The van der Waals surface area contributed by atoms with E-state index in [0.29, 0.717) is 31.1 Å². The van der Waals surface area contributed by atoms with Gasteiger partial charge < -0.3 is 14.8 Å². The Morgan fingerprint density at radius 1 is 1.27 bits per heavy atom. The third kappa shape index (κ3) is 4.78. The maximum absolute atomic E-state index is 11.9. The second-order valence-electron chi connectivity index (χ2n) is 4.71. The predicted octanol–water partition coefficient (Wildman–Crippen LogP) is 2.19. The summed E-state index contributed by atoms with van der Waals surface area (Å²) in [5.41, 5.74) is 2.33. The van der Waals surface area contributed by atoms with Gasteiger partial charge in [0.25, 0.3) is 5.91 Å². The minimum Gasteiger partial charge on any atom is -0.487 e. The minimum absolute atomic E-state index is 0.0952. The predicted molar refractivity (Wildman–Crippen MR) is 84.2 cm³/mol. The summed E-state index contributed by atoms with van der Waals surface area (Å²) in [5.74, 6) is 0.602. The van der Waals surface area contributed by atoms with Gasteiger partial charge in [-0.2, -0.15) is 8.75 Å². The van der Waals surface area contributed by atoms with Gasteiger partial charge in [-0.3, -0.25) is 4.79 Å². The van der Waals surface area contributed by atoms with E-state index in [1.807, 2.05) is 6.92 Å². The highest BCUT2D eigenvalue weighted by molar-refractivity contribution is 6.99. The van der Waals surface area contributed by atoms with Crippen LogP contribution in [0.3, 0.4) is 0 Å². The number of nitrogens with one attached hydrogen (secondary N) is 1. The van der Waals surface area contributed by atoms with Crippen LogP contribution in [-0.4, -0.2) is 34.9 Å². The summed E-state index contributed by atoms with van der Waals surface area (Å²) in [6.07, 6.45) is 0.796. The standard InChI is InChI=1S/C15H19N3O3S/c1-11-14(18-22-17-11)10-21-13-6-4-12(5-7-13)15(19)16-8-3-9-20-2/h4-7H,3,8-10H2,1-2H3,(H,16,19). The van der Waals surface area contributed by atoms with Crippen LogP contribution >= 0.6 is 11.7 Å². The van der Waals surface area contributed by atoms with Crippen LogP contribution in [0, 0.1) is 6.92 Å². The minimum atomic E-state index is -0.0952. The zero-order chi connectivity index (χ0) is 15.8. The lowest BCUT2D eigenvalue weighted by molar-refractivity contribution is 0.0948. The van der Waals surface area contributed by atoms with Gasteiger partial charge in [0.1, 0.15) is 18.1 Å². The van der Waals surface area contributed by atoms with Gasteiger partial charge in [0, 0.05) is 25.8 Å². The Balaban J connectivity index is 1.82. The van der Waals surface area contributed by atoms with E-state index in [0.717, 1.165) is 17.8 Å². The van der Waals surface area contributed by atoms with Gasteiger partial charge in [0.15, 0.2) is 0 Å². The molecule has 0 unspecified atom stereocenters. The molecule has 1 N–H and O–H groups in total. The lowest BCUT2D eigenvalue weighted by Gasteiger charge is -2.07. The highest BCUT2D eigenvalue weighted by atomic mass is 32.1. The van der Waals surface area contributed by atoms with Crippen molar-refractivity contribution >= 4 is 17.6 Å². The van der Waals surface area contributed by atoms with Gasteiger partial charge in [-0.15, -0.1) is 0 Å². The van der Waals surface area contributed by atoms with Crippen LogP contribution < -0.4 is 10.1 Å². The third-order valence-corrected chi connectivity index (χ3v) is 3.71. The third-order valence-electron chi connectivity index (χ3n) is 3.05. The number of rotatable bonds is 8. The first-order chi connectivity index (χ1) is 10.7. The number of aromatic nitrogens is 2. The van der Waals surface area contributed by atoms with E-state index in [1.54, 1.807) is 31.4 Å². The Labute approximate surface area is 133 Å². The van der Waals surface area contributed by atoms with Gasteiger partial charge in [-0.1, -0.05) is 0 Å². The Morgan fingerprint density at radius 3 is 2.68 bits per heavy atom. The summed E-state index contributed by atoms with van der Waals surface area (Å²) in [6.45, 7) is 3.52. The van der Waals surface area contributed by atoms with E-state index < -0.39 is 0 Å². The zero-order valence-corrected chi connectivity index (χ0v) is 13.5. The molecule has 118 valence electrons. The summed E-state index contributed by atoms with van der Waals surface area (Å²) >= 11 is 1.18. The van der Waals surface area contributed by atoms with Crippen molar-refractivity contribution in [1.82, 2.24) is 14.1 Å². The molecule has 1 aromatic heterocycles. The second-order valence-corrected chi connectivity index (χ2v) is 5.24. The molecule has 0 saturated heterocycles. The molecule has 0 spiro atoms. The molecule has 2 aromatic rings. The van der Waals surface area contributed by atoms with E-state index in [-0.39, 0.29) is 5.91 Å². The van der Waals surface area contributed by atoms with Crippen LogP contribution in [0.4, 0.5) is 0 Å². The van der Waals surface area contributed by atoms with E-state index in [2.05, 4.69) is 14.1 Å². The van der Waals surface area contributed by atoms with Crippen LogP contribution in [0.5, 0.6) is 5.75 Å². The molecule has 6 nitrogen and oxygen atoms in total. The maximum atomic E-state index is 11.9. The Bertz CT molecular complexity index is 598. The normalized spacial score (nSPS) is 10.5. The molecule has 0 aliphatic carbocycles. The molecule has 7 heteroatoms. The van der Waals surface area contributed by atoms with Crippen molar-refractivity contribution in [3.05, 3.63) is 41.2 Å². The summed E-state index contributed by atoms with van der Waals surface area (Å²) in [7, 11) is 1.64. The van der Waals surface area contributed by atoms with E-state index in [9.17, 15) is 4.79 Å². The Hall–Kier alpha value is -1.99. The van der Waals surface area contributed by atoms with Crippen molar-refractivity contribution in [3.8, 4) is 5.75 Å². The number of hydrogen-bond acceptors (Lipinski definition) is 6. The number of amides is 1. The van der Waals surface area contributed by atoms with Crippen molar-refractivity contribution in [2.45, 2.75) is 20.0 Å². The number of carbonyl (C=O) groups is 1. The molecular formula is C15H19N3O3S. The van der Waals surface area contributed by atoms with Gasteiger partial charge in [0.2, 0.25) is 0 Å². The summed E-state index contributed by atoms with van der Waals surface area (Å²) in [5, 5.41) is 2.84. The molecular weight excluding hydrogens is 302 g/mol. The van der Waals surface area contributed by atoms with Gasteiger partial charge >= 0.3 is 0 Å². The van der Waals surface area contributed by atoms with Crippen LogP contribution in [0.25, 0.3) is 0 Å². The van der Waals surface area contributed by atoms with Crippen molar-refractivity contribution in [3.63, 3.8) is 0 Å². The molecule has 1 aromatic carbocycles. The number of aryl methyl sites for hydroxylation is 1. The van der Waals surface area contributed by atoms with Crippen LogP contribution in [0.1, 0.15) is 28.2 Å². The molecule has 0 bridgehead atoms. The largest absolute Gasteiger partial charge is 0.487 e. The highest BCUT2D eigenvalue weighted by Crippen LogP contribution is 2.15. The fourth-order valence-corrected chi connectivity index (χ4v) is 2.31. The molecule has 2 rings (SSSR count). The smallest absolute Gasteiger partial charge is 0.251 e. The fraction of sp³-hybridized carbons (Fsp3) is 0.400. The van der Waals surface area contributed by atoms with Gasteiger partial charge in [-0.05, 0) is 37.6 Å². The summed E-state index contributed by atoms with van der Waals surface area (Å²) < 4.78 is 18.8. The average molecular weight is 321 g/mol. The fourth-order valence-electron chi connectivity index (χ4n) is 1.76. The first-order valence-corrected chi connectivity index (χ1v) is 7.71. The van der Waals surface area contributed by atoms with Crippen molar-refractivity contribution in [1.29, 1.82) is 0 Å². The zero-order valence-electron chi connectivity index (χ0n) is 12.7. The maximum Gasteiger partial charge on any atom is 0.251 e. The van der Waals surface area contributed by atoms with Crippen molar-refractivity contribution in [2.75, 3.05) is 20.3 Å². The molecule has 0 atom stereocenters. The second kappa shape index (κ2) is 8.45. The number of nitrogens with zero attached hydrogens (tertiary/aromatic N) is 2. The molecule has 0 fully saturated rings. The lowest BCUT2D eigenvalue weighted by atomic mass is 10.2. The molecule has 0 aliphatic heterocycles. The molecule has 22 heavy (non-hydrogen) atoms. The van der Waals surface area contributed by atoms with E-state index >= 15 is 0 Å². The number of carbonyl (C=O) groups excluding carboxylic acids is 1. The molecule has 0 saturated carbocycles. The summed E-state index contributed by atoms with van der Waals surface area (Å²) in [6, 6.07) is 7.04. The number of benzene rings is 1. The van der Waals surface area contributed by atoms with Gasteiger partial charge in [-0.25, -0.2) is 0 Å². The molecule has 1 heterocycles. The number of ether oxygens (including phenoxy) is 2. The number of methoxy groups -OCH3 is 1. The Kier molecular flexibility index (Phi) is 6.29. The SMILES string of the molecule is COCCCNC(=O)c1ccc(OCc2nsnc2C)cc1. The summed E-state index contributed by atoms with van der Waals surface area (Å²) in [4.78, 5) is 11.9. The van der Waals surface area contributed by atoms with Crippen LogP contribution in [0.15, 0.2) is 24.3 Å². The van der Waals surface area contributed by atoms with E-state index in [1.165, 1.54) is 11.7 Å². The van der Waals surface area contributed by atoms with Crippen molar-refractivity contribution < 1.29 is 14.3 Å². The van der Waals surface area contributed by atoms with Gasteiger partial charge in [0.05, 0.1) is 17.4 Å². The quantitative estimate of drug-likeness (QED) is 0.755.